The van der Waals surface area contributed by atoms with Crippen LogP contribution in [0.3, 0.4) is 0 Å². The van der Waals surface area contributed by atoms with Crippen LogP contribution in [0, 0.1) is 18.6 Å². The molecule has 1 aromatic heterocycles. The van der Waals surface area contributed by atoms with Crippen molar-refractivity contribution in [3.8, 4) is 0 Å². The molecule has 2 aliphatic rings. The highest BCUT2D eigenvalue weighted by molar-refractivity contribution is 5.95. The van der Waals surface area contributed by atoms with Gasteiger partial charge in [0.15, 0.2) is 0 Å². The number of benzene rings is 2. The van der Waals surface area contributed by atoms with Crippen molar-refractivity contribution in [3.05, 3.63) is 75.1 Å². The fourth-order valence-electron chi connectivity index (χ4n) is 5.04. The Kier molecular flexibility index (Phi) is 6.13. The Bertz CT molecular complexity index is 1380. The van der Waals surface area contributed by atoms with E-state index >= 15 is 4.39 Å². The largest absolute Gasteiger partial charge is 0.477 e. The third kappa shape index (κ3) is 4.57. The van der Waals surface area contributed by atoms with Crippen LogP contribution in [0.5, 0.6) is 0 Å². The van der Waals surface area contributed by atoms with Gasteiger partial charge in [0.2, 0.25) is 5.43 Å². The van der Waals surface area contributed by atoms with Crippen LogP contribution in [0.25, 0.3) is 10.9 Å². The number of aryl methyl sites for hydroxylation is 1. The Morgan fingerprint density at radius 3 is 2.57 bits per heavy atom. The molecule has 3 aromatic rings. The fourth-order valence-corrected chi connectivity index (χ4v) is 5.04. The topological polar surface area (TPSA) is 74.9 Å². The van der Waals surface area contributed by atoms with E-state index in [1.807, 2.05) is 9.47 Å². The van der Waals surface area contributed by atoms with E-state index in [1.54, 1.807) is 25.3 Å². The smallest absolute Gasteiger partial charge is 0.341 e. The van der Waals surface area contributed by atoms with E-state index in [0.717, 1.165) is 37.7 Å². The molecule has 0 amide bonds. The number of anilines is 1. The maximum absolute atomic E-state index is 15.6. The van der Waals surface area contributed by atoms with Crippen molar-refractivity contribution < 1.29 is 18.7 Å². The molecule has 35 heavy (non-hydrogen) atoms. The number of carboxylic acids is 1. The highest BCUT2D eigenvalue weighted by Crippen LogP contribution is 2.40. The second-order valence-electron chi connectivity index (χ2n) is 9.47. The Hall–Kier alpha value is -3.55. The zero-order chi connectivity index (χ0) is 24.7. The van der Waals surface area contributed by atoms with Gasteiger partial charge in [-0.2, -0.15) is 0 Å². The summed E-state index contributed by atoms with van der Waals surface area (Å²) in [6, 6.07) is 7.38. The van der Waals surface area contributed by atoms with E-state index in [1.165, 1.54) is 24.4 Å². The number of carbonyl (C=O) groups is 1. The predicted octanol–water partition coefficient (Wildman–Crippen LogP) is 5.10. The number of hydrogen-bond acceptors (Lipinski definition) is 4. The first-order valence-corrected chi connectivity index (χ1v) is 12.0. The zero-order valence-corrected chi connectivity index (χ0v) is 19.5. The van der Waals surface area contributed by atoms with Crippen LogP contribution in [-0.4, -0.2) is 41.0 Å². The van der Waals surface area contributed by atoms with Crippen molar-refractivity contribution in [2.75, 3.05) is 18.0 Å². The monoisotopic (exact) mass is 479 g/mol. The van der Waals surface area contributed by atoms with Crippen LogP contribution in [0.2, 0.25) is 0 Å². The summed E-state index contributed by atoms with van der Waals surface area (Å²) >= 11 is 0. The SMILES string of the molecule is Cc1c(N2CCCCC(N=Cc3ccc(F)cc3)C2)c(F)cc2c(=O)c(C(=O)O)cn(C3CC3)c12. The maximum atomic E-state index is 15.6. The Balaban J connectivity index is 1.54. The first kappa shape index (κ1) is 23.2. The lowest BCUT2D eigenvalue weighted by atomic mass is 10.0. The molecule has 8 heteroatoms. The van der Waals surface area contributed by atoms with E-state index in [9.17, 15) is 19.1 Å². The molecular formula is C27H27F2N3O3. The molecule has 2 heterocycles. The third-order valence-electron chi connectivity index (χ3n) is 6.92. The number of fused-ring (bicyclic) bond motifs is 1. The lowest BCUT2D eigenvalue weighted by molar-refractivity contribution is 0.0695. The van der Waals surface area contributed by atoms with Gasteiger partial charge < -0.3 is 14.6 Å². The molecule has 5 rings (SSSR count). The number of aliphatic imine (C=N–C) groups is 1. The van der Waals surface area contributed by atoms with Gasteiger partial charge in [-0.05, 0) is 68.4 Å². The molecule has 1 unspecified atom stereocenters. The second kappa shape index (κ2) is 9.24. The average Bonchev–Trinajstić information content (AvgIpc) is 3.67. The molecule has 2 aromatic carbocycles. The van der Waals surface area contributed by atoms with Crippen LogP contribution >= 0.6 is 0 Å². The van der Waals surface area contributed by atoms with E-state index in [2.05, 4.69) is 0 Å². The van der Waals surface area contributed by atoms with Crippen LogP contribution in [-0.2, 0) is 0 Å². The number of hydrogen-bond donors (Lipinski definition) is 1. The number of aromatic carboxylic acids is 1. The first-order valence-electron chi connectivity index (χ1n) is 12.0. The van der Waals surface area contributed by atoms with Gasteiger partial charge in [-0.25, -0.2) is 13.6 Å². The van der Waals surface area contributed by atoms with Crippen molar-refractivity contribution in [2.24, 2.45) is 4.99 Å². The lowest BCUT2D eigenvalue weighted by Gasteiger charge is -2.28. The van der Waals surface area contributed by atoms with Crippen molar-refractivity contribution >= 4 is 28.8 Å². The Morgan fingerprint density at radius 2 is 1.89 bits per heavy atom. The molecular weight excluding hydrogens is 452 g/mol. The summed E-state index contributed by atoms with van der Waals surface area (Å²) in [6.07, 6.45) is 7.63. The molecule has 2 fully saturated rings. The first-order chi connectivity index (χ1) is 16.8. The quantitative estimate of drug-likeness (QED) is 0.517. The van der Waals surface area contributed by atoms with Crippen molar-refractivity contribution in [2.45, 2.75) is 51.1 Å². The minimum Gasteiger partial charge on any atom is -0.477 e. The summed E-state index contributed by atoms with van der Waals surface area (Å²) in [4.78, 5) is 31.2. The highest BCUT2D eigenvalue weighted by atomic mass is 19.1. The summed E-state index contributed by atoms with van der Waals surface area (Å²) in [7, 11) is 0. The second-order valence-corrected chi connectivity index (χ2v) is 9.47. The zero-order valence-electron chi connectivity index (χ0n) is 19.5. The molecule has 1 aliphatic heterocycles. The molecule has 1 saturated carbocycles. The molecule has 0 radical (unpaired) electrons. The van der Waals surface area contributed by atoms with Gasteiger partial charge in [0.1, 0.15) is 17.2 Å². The normalized spacial score (nSPS) is 18.8. The number of aromatic nitrogens is 1. The molecule has 0 bridgehead atoms. The maximum Gasteiger partial charge on any atom is 0.341 e. The van der Waals surface area contributed by atoms with E-state index < -0.39 is 17.2 Å². The number of halogens is 2. The average molecular weight is 480 g/mol. The van der Waals surface area contributed by atoms with Crippen LogP contribution in [0.1, 0.15) is 59.6 Å². The number of carboxylic acid groups (broad SMARTS) is 1. The minimum absolute atomic E-state index is 0.0583. The van der Waals surface area contributed by atoms with Gasteiger partial charge in [-0.1, -0.05) is 12.1 Å². The van der Waals surface area contributed by atoms with Crippen molar-refractivity contribution in [1.82, 2.24) is 4.57 Å². The molecule has 1 N–H and O–H groups in total. The lowest BCUT2D eigenvalue weighted by Crippen LogP contribution is -2.32. The highest BCUT2D eigenvalue weighted by Gasteiger charge is 2.30. The third-order valence-corrected chi connectivity index (χ3v) is 6.92. The van der Waals surface area contributed by atoms with Crippen LogP contribution in [0.15, 0.2) is 46.3 Å². The molecule has 1 aliphatic carbocycles. The van der Waals surface area contributed by atoms with Crippen molar-refractivity contribution in [1.29, 1.82) is 0 Å². The van der Waals surface area contributed by atoms with Gasteiger partial charge in [0, 0.05) is 36.9 Å². The number of rotatable bonds is 5. The standard InChI is InChI=1S/C27H27F2N3O3/c1-16-24-21(26(33)22(27(34)35)15-32(24)20-9-10-20)12-23(29)25(16)31-11-3-2-4-19(14-31)30-13-17-5-7-18(28)8-6-17/h5-8,12-13,15,19-20H,2-4,9-11,14H2,1H3,(H,34,35). The summed E-state index contributed by atoms with van der Waals surface area (Å²) in [5.74, 6) is -2.13. The minimum atomic E-state index is -1.30. The number of pyridine rings is 1. The van der Waals surface area contributed by atoms with Gasteiger partial charge in [-0.15, -0.1) is 0 Å². The summed E-state index contributed by atoms with van der Waals surface area (Å²) in [6.45, 7) is 2.98. The van der Waals surface area contributed by atoms with E-state index in [4.69, 9.17) is 4.99 Å². The van der Waals surface area contributed by atoms with Crippen LogP contribution < -0.4 is 10.3 Å². The van der Waals surface area contributed by atoms with Gasteiger partial charge in [-0.3, -0.25) is 9.79 Å². The summed E-state index contributed by atoms with van der Waals surface area (Å²) in [5, 5.41) is 9.62. The summed E-state index contributed by atoms with van der Waals surface area (Å²) in [5.41, 5.74) is 1.51. The van der Waals surface area contributed by atoms with Crippen LogP contribution in [0.4, 0.5) is 14.5 Å². The fraction of sp³-hybridized carbons (Fsp3) is 0.370. The van der Waals surface area contributed by atoms with E-state index in [0.29, 0.717) is 29.9 Å². The van der Waals surface area contributed by atoms with Gasteiger partial charge >= 0.3 is 5.97 Å². The van der Waals surface area contributed by atoms with E-state index in [-0.39, 0.29) is 28.9 Å². The van der Waals surface area contributed by atoms with Gasteiger partial charge in [0.05, 0.1) is 17.2 Å². The van der Waals surface area contributed by atoms with Gasteiger partial charge in [0.25, 0.3) is 0 Å². The number of nitrogens with zero attached hydrogens (tertiary/aromatic N) is 3. The predicted molar refractivity (Wildman–Crippen MR) is 132 cm³/mol. The molecule has 1 saturated heterocycles. The van der Waals surface area contributed by atoms with Crippen molar-refractivity contribution in [3.63, 3.8) is 0 Å². The summed E-state index contributed by atoms with van der Waals surface area (Å²) < 4.78 is 30.6. The molecule has 0 spiro atoms. The Morgan fingerprint density at radius 1 is 1.14 bits per heavy atom. The molecule has 1 atom stereocenters. The molecule has 6 nitrogen and oxygen atoms in total. The molecule has 182 valence electrons. The Labute approximate surface area is 201 Å².